The van der Waals surface area contributed by atoms with Gasteiger partial charge in [0, 0.05) is 29.0 Å². The third-order valence-corrected chi connectivity index (χ3v) is 8.37. The van der Waals surface area contributed by atoms with Crippen LogP contribution < -0.4 is 15.5 Å². The molecule has 3 atom stereocenters. The SMILES string of the molecule is CNCc1ccccc1-c1csc([C@@H](C)Nc2cnnc3ccc(N4CC5CCC4CO5)cc23)c1. The minimum absolute atomic E-state index is 0.153. The van der Waals surface area contributed by atoms with Gasteiger partial charge in [0.15, 0.2) is 0 Å². The number of piperidine rings is 1. The van der Waals surface area contributed by atoms with Crippen molar-refractivity contribution >= 4 is 33.6 Å². The number of morpholine rings is 1. The van der Waals surface area contributed by atoms with Crippen LogP contribution in [0.4, 0.5) is 11.4 Å². The molecule has 180 valence electrons. The second kappa shape index (κ2) is 9.57. The number of benzene rings is 2. The fourth-order valence-electron chi connectivity index (χ4n) is 5.38. The predicted molar refractivity (Wildman–Crippen MR) is 144 cm³/mol. The molecule has 3 fully saturated rings. The molecule has 3 aliphatic rings. The van der Waals surface area contributed by atoms with Crippen LogP contribution in [0.2, 0.25) is 0 Å². The number of nitrogens with zero attached hydrogens (tertiary/aromatic N) is 3. The number of hydrogen-bond donors (Lipinski definition) is 2. The number of ether oxygens (including phenoxy) is 1. The molecule has 2 aromatic heterocycles. The minimum atomic E-state index is 0.153. The van der Waals surface area contributed by atoms with Crippen LogP contribution >= 0.6 is 11.3 Å². The molecule has 3 saturated heterocycles. The largest absolute Gasteiger partial charge is 0.376 e. The summed E-state index contributed by atoms with van der Waals surface area (Å²) in [5, 5.41) is 19.0. The summed E-state index contributed by atoms with van der Waals surface area (Å²) in [6.45, 7) is 4.88. The number of fused-ring (bicyclic) bond motifs is 4. The van der Waals surface area contributed by atoms with E-state index in [1.807, 2.05) is 13.2 Å². The fraction of sp³-hybridized carbons (Fsp3) is 0.357. The average Bonchev–Trinajstić information content (AvgIpc) is 3.40. The maximum atomic E-state index is 5.92. The highest BCUT2D eigenvalue weighted by molar-refractivity contribution is 7.10. The van der Waals surface area contributed by atoms with Crippen molar-refractivity contribution in [3.8, 4) is 11.1 Å². The third-order valence-electron chi connectivity index (χ3n) is 7.26. The summed E-state index contributed by atoms with van der Waals surface area (Å²) in [7, 11) is 1.99. The van der Waals surface area contributed by atoms with Gasteiger partial charge in [0.05, 0.1) is 42.2 Å². The molecule has 0 spiro atoms. The van der Waals surface area contributed by atoms with Crippen molar-refractivity contribution < 1.29 is 4.74 Å². The van der Waals surface area contributed by atoms with Gasteiger partial charge in [-0.25, -0.2) is 0 Å². The first kappa shape index (κ1) is 22.5. The van der Waals surface area contributed by atoms with E-state index in [2.05, 4.69) is 86.6 Å². The first-order valence-electron chi connectivity index (χ1n) is 12.4. The summed E-state index contributed by atoms with van der Waals surface area (Å²) in [4.78, 5) is 3.81. The number of anilines is 2. The van der Waals surface area contributed by atoms with Gasteiger partial charge in [0.2, 0.25) is 0 Å². The maximum absolute atomic E-state index is 5.92. The number of thiophene rings is 1. The zero-order valence-corrected chi connectivity index (χ0v) is 21.0. The van der Waals surface area contributed by atoms with E-state index in [9.17, 15) is 0 Å². The van der Waals surface area contributed by atoms with Gasteiger partial charge in [-0.05, 0) is 73.1 Å². The van der Waals surface area contributed by atoms with Gasteiger partial charge < -0.3 is 20.3 Å². The van der Waals surface area contributed by atoms with E-state index < -0.39 is 0 Å². The molecule has 0 aliphatic carbocycles. The molecule has 2 bridgehead atoms. The monoisotopic (exact) mass is 485 g/mol. The Labute approximate surface area is 210 Å². The molecule has 2 N–H and O–H groups in total. The van der Waals surface area contributed by atoms with Crippen molar-refractivity contribution in [3.63, 3.8) is 0 Å². The highest BCUT2D eigenvalue weighted by atomic mass is 32.1. The summed E-state index contributed by atoms with van der Waals surface area (Å²) < 4.78 is 5.92. The molecule has 0 saturated carbocycles. The van der Waals surface area contributed by atoms with Crippen molar-refractivity contribution in [2.45, 2.75) is 44.5 Å². The van der Waals surface area contributed by atoms with E-state index in [4.69, 9.17) is 4.74 Å². The van der Waals surface area contributed by atoms with Crippen molar-refractivity contribution in [1.82, 2.24) is 15.5 Å². The van der Waals surface area contributed by atoms with Crippen LogP contribution in [0.5, 0.6) is 0 Å². The van der Waals surface area contributed by atoms with E-state index in [-0.39, 0.29) is 6.04 Å². The molecule has 7 heteroatoms. The van der Waals surface area contributed by atoms with Crippen molar-refractivity contribution in [2.75, 3.05) is 30.4 Å². The Morgan fingerprint density at radius 3 is 2.89 bits per heavy atom. The highest BCUT2D eigenvalue weighted by Gasteiger charge is 2.34. The Morgan fingerprint density at radius 2 is 2.09 bits per heavy atom. The Hall–Kier alpha value is -3.00. The smallest absolute Gasteiger partial charge is 0.0951 e. The lowest BCUT2D eigenvalue weighted by atomic mass is 9.96. The molecule has 2 aromatic carbocycles. The predicted octanol–water partition coefficient (Wildman–Crippen LogP) is 5.62. The number of hydrogen-bond acceptors (Lipinski definition) is 7. The maximum Gasteiger partial charge on any atom is 0.0951 e. The third kappa shape index (κ3) is 4.40. The summed E-state index contributed by atoms with van der Waals surface area (Å²) >= 11 is 1.80. The molecule has 6 nitrogen and oxygen atoms in total. The topological polar surface area (TPSA) is 62.3 Å². The molecular formula is C28H31N5OS. The molecule has 3 aliphatic heterocycles. The summed E-state index contributed by atoms with van der Waals surface area (Å²) in [5.74, 6) is 0. The van der Waals surface area contributed by atoms with E-state index in [1.54, 1.807) is 11.3 Å². The molecule has 35 heavy (non-hydrogen) atoms. The number of nitrogens with one attached hydrogen (secondary N) is 2. The van der Waals surface area contributed by atoms with Crippen LogP contribution in [0.15, 0.2) is 60.1 Å². The van der Waals surface area contributed by atoms with E-state index in [1.165, 1.54) is 40.1 Å². The molecule has 5 heterocycles. The summed E-state index contributed by atoms with van der Waals surface area (Å²) in [6, 6.07) is 18.1. The Bertz CT molecular complexity index is 1330. The minimum Gasteiger partial charge on any atom is -0.376 e. The van der Waals surface area contributed by atoms with Crippen LogP contribution in [0.25, 0.3) is 22.0 Å². The second-order valence-electron chi connectivity index (χ2n) is 9.59. The molecule has 2 unspecified atom stereocenters. The highest BCUT2D eigenvalue weighted by Crippen LogP contribution is 2.36. The van der Waals surface area contributed by atoms with Crippen LogP contribution in [0.3, 0.4) is 0 Å². The van der Waals surface area contributed by atoms with Crippen LogP contribution in [-0.4, -0.2) is 42.5 Å². The first-order chi connectivity index (χ1) is 17.2. The lowest BCUT2D eigenvalue weighted by molar-refractivity contribution is -0.0225. The van der Waals surface area contributed by atoms with E-state index in [0.717, 1.165) is 36.3 Å². The molecule has 4 aromatic rings. The lowest BCUT2D eigenvalue weighted by Gasteiger charge is -2.46. The lowest BCUT2D eigenvalue weighted by Crippen LogP contribution is -2.54. The zero-order chi connectivity index (χ0) is 23.8. The Balaban J connectivity index is 1.26. The summed E-state index contributed by atoms with van der Waals surface area (Å²) in [5.41, 5.74) is 7.06. The Morgan fingerprint density at radius 1 is 1.17 bits per heavy atom. The van der Waals surface area contributed by atoms with Gasteiger partial charge in [0.25, 0.3) is 0 Å². The van der Waals surface area contributed by atoms with E-state index >= 15 is 0 Å². The van der Waals surface area contributed by atoms with Gasteiger partial charge in [0.1, 0.15) is 0 Å². The quantitative estimate of drug-likeness (QED) is 0.354. The van der Waals surface area contributed by atoms with Crippen LogP contribution in [0.1, 0.15) is 36.2 Å². The van der Waals surface area contributed by atoms with Crippen molar-refractivity contribution in [3.05, 3.63) is 70.5 Å². The Kier molecular flexibility index (Phi) is 6.14. The molecule has 7 rings (SSSR count). The molecular weight excluding hydrogens is 454 g/mol. The second-order valence-corrected chi connectivity index (χ2v) is 10.5. The van der Waals surface area contributed by atoms with Crippen molar-refractivity contribution in [1.29, 1.82) is 0 Å². The standard InChI is InChI=1S/C28H31N5OS/c1-18(28-11-20(17-35-28)24-6-4-3-5-19(24)13-29-2)31-27-14-30-32-26-10-8-21(12-25(26)27)33-15-23-9-7-22(33)16-34-23/h3-6,8,10-12,14,17-18,22-23,29H,7,9,13,15-16H2,1-2H3,(H,31,32)/t18-,22?,23?/m1/s1. The van der Waals surface area contributed by atoms with Crippen molar-refractivity contribution in [2.24, 2.45) is 0 Å². The zero-order valence-electron chi connectivity index (χ0n) is 20.2. The normalized spacial score (nSPS) is 20.3. The van der Waals surface area contributed by atoms with E-state index in [0.29, 0.717) is 12.1 Å². The number of aromatic nitrogens is 2. The molecule has 0 amide bonds. The van der Waals surface area contributed by atoms with Gasteiger partial charge in [-0.2, -0.15) is 10.2 Å². The first-order valence-corrected chi connectivity index (χ1v) is 13.3. The summed E-state index contributed by atoms with van der Waals surface area (Å²) in [6.07, 6.45) is 4.59. The van der Waals surface area contributed by atoms with Gasteiger partial charge >= 0.3 is 0 Å². The fourth-order valence-corrected chi connectivity index (χ4v) is 6.29. The van der Waals surface area contributed by atoms with Gasteiger partial charge in [-0.15, -0.1) is 11.3 Å². The van der Waals surface area contributed by atoms with Gasteiger partial charge in [-0.1, -0.05) is 24.3 Å². The van der Waals surface area contributed by atoms with Crippen LogP contribution in [0, 0.1) is 0 Å². The number of rotatable bonds is 7. The van der Waals surface area contributed by atoms with Gasteiger partial charge in [-0.3, -0.25) is 0 Å². The molecule has 0 radical (unpaired) electrons. The van der Waals surface area contributed by atoms with Crippen LogP contribution in [-0.2, 0) is 11.3 Å². The average molecular weight is 486 g/mol.